The van der Waals surface area contributed by atoms with E-state index in [1.54, 1.807) is 45.0 Å². The normalized spacial score (nSPS) is 24.8. The quantitative estimate of drug-likeness (QED) is 0.438. The van der Waals surface area contributed by atoms with Gasteiger partial charge in [0, 0.05) is 17.0 Å². The average molecular weight is 519 g/mol. The SMILES string of the molecule is Cc1cc(Cl)ccc1[C@@]1(C#N)[C@H](CC(C)(C)C)N[C@@H](C(=O)OC(C)(C)C)[C@@H]1c1cccc(Cl)c1F. The van der Waals surface area contributed by atoms with Gasteiger partial charge in [0.1, 0.15) is 22.9 Å². The van der Waals surface area contributed by atoms with E-state index in [1.807, 2.05) is 13.0 Å². The van der Waals surface area contributed by atoms with Crippen molar-refractivity contribution < 1.29 is 13.9 Å². The minimum atomic E-state index is -1.30. The molecule has 0 saturated carbocycles. The minimum absolute atomic E-state index is 0.0654. The molecule has 1 aliphatic heterocycles. The fraction of sp³-hybridized carbons (Fsp3) is 0.500. The van der Waals surface area contributed by atoms with Gasteiger partial charge in [0.05, 0.1) is 11.1 Å². The lowest BCUT2D eigenvalue weighted by Gasteiger charge is -2.38. The van der Waals surface area contributed by atoms with E-state index < -0.39 is 40.8 Å². The van der Waals surface area contributed by atoms with Crippen LogP contribution < -0.4 is 5.32 Å². The summed E-state index contributed by atoms with van der Waals surface area (Å²) in [5.74, 6) is -2.07. The number of benzene rings is 2. The molecule has 0 amide bonds. The number of nitrogens with zero attached hydrogens (tertiary/aromatic N) is 1. The Hall–Kier alpha value is -2.13. The number of aryl methyl sites for hydroxylation is 1. The van der Waals surface area contributed by atoms with Gasteiger partial charge in [-0.1, -0.05) is 62.2 Å². The molecule has 0 radical (unpaired) electrons. The maximum absolute atomic E-state index is 15.6. The summed E-state index contributed by atoms with van der Waals surface area (Å²) >= 11 is 12.4. The second kappa shape index (κ2) is 9.73. The Morgan fingerprint density at radius 2 is 1.83 bits per heavy atom. The molecule has 3 rings (SSSR count). The van der Waals surface area contributed by atoms with Crippen LogP contribution in [-0.2, 0) is 14.9 Å². The molecule has 0 aliphatic carbocycles. The van der Waals surface area contributed by atoms with Crippen molar-refractivity contribution in [2.24, 2.45) is 5.41 Å². The van der Waals surface area contributed by atoms with Crippen LogP contribution in [0.5, 0.6) is 0 Å². The number of carbonyl (C=O) groups excluding carboxylic acids is 1. The third-order valence-electron chi connectivity index (χ3n) is 6.37. The molecule has 4 nitrogen and oxygen atoms in total. The van der Waals surface area contributed by atoms with E-state index in [9.17, 15) is 10.1 Å². The highest BCUT2D eigenvalue weighted by Crippen LogP contribution is 2.53. The number of rotatable bonds is 4. The summed E-state index contributed by atoms with van der Waals surface area (Å²) in [7, 11) is 0. The monoisotopic (exact) mass is 518 g/mol. The fourth-order valence-corrected chi connectivity index (χ4v) is 5.57. The maximum Gasteiger partial charge on any atom is 0.324 e. The lowest BCUT2D eigenvalue weighted by atomic mass is 9.62. The molecule has 1 saturated heterocycles. The van der Waals surface area contributed by atoms with Gasteiger partial charge in [-0.25, -0.2) is 4.39 Å². The molecule has 1 aliphatic rings. The van der Waals surface area contributed by atoms with Gasteiger partial charge < -0.3 is 4.74 Å². The molecule has 1 fully saturated rings. The fourth-order valence-electron chi connectivity index (χ4n) is 5.17. The predicted octanol–water partition coefficient (Wildman–Crippen LogP) is 7.10. The first-order valence-corrected chi connectivity index (χ1v) is 12.5. The van der Waals surface area contributed by atoms with Crippen molar-refractivity contribution in [1.82, 2.24) is 5.32 Å². The lowest BCUT2D eigenvalue weighted by Crippen LogP contribution is -2.44. The molecule has 2 aromatic carbocycles. The molecular weight excluding hydrogens is 486 g/mol. The molecule has 0 spiro atoms. The number of hydrogen-bond acceptors (Lipinski definition) is 4. The summed E-state index contributed by atoms with van der Waals surface area (Å²) in [4.78, 5) is 13.6. The van der Waals surface area contributed by atoms with E-state index in [0.29, 0.717) is 17.0 Å². The Labute approximate surface area is 217 Å². The molecule has 1 N–H and O–H groups in total. The molecule has 4 atom stereocenters. The summed E-state index contributed by atoms with van der Waals surface area (Å²) in [6.45, 7) is 13.4. The molecular formula is C28H33Cl2FN2O2. The molecule has 35 heavy (non-hydrogen) atoms. The average Bonchev–Trinajstić information content (AvgIpc) is 3.02. The van der Waals surface area contributed by atoms with Crippen LogP contribution in [0.2, 0.25) is 10.0 Å². The Kier molecular flexibility index (Phi) is 7.63. The van der Waals surface area contributed by atoms with E-state index in [0.717, 1.165) is 5.56 Å². The zero-order valence-corrected chi connectivity index (χ0v) is 22.8. The topological polar surface area (TPSA) is 62.1 Å². The highest BCUT2D eigenvalue weighted by molar-refractivity contribution is 6.31. The van der Waals surface area contributed by atoms with Crippen molar-refractivity contribution in [2.45, 2.75) is 83.9 Å². The van der Waals surface area contributed by atoms with Gasteiger partial charge in [-0.2, -0.15) is 5.26 Å². The summed E-state index contributed by atoms with van der Waals surface area (Å²) in [5.41, 5.74) is -0.564. The van der Waals surface area contributed by atoms with Gasteiger partial charge in [0.15, 0.2) is 0 Å². The molecule has 0 bridgehead atoms. The van der Waals surface area contributed by atoms with E-state index in [-0.39, 0.29) is 16.0 Å². The zero-order chi connectivity index (χ0) is 26.3. The maximum atomic E-state index is 15.6. The molecule has 188 valence electrons. The molecule has 0 aromatic heterocycles. The van der Waals surface area contributed by atoms with Gasteiger partial charge in [-0.05, 0) is 74.4 Å². The number of esters is 1. The van der Waals surface area contributed by atoms with Crippen LogP contribution >= 0.6 is 23.2 Å². The lowest BCUT2D eigenvalue weighted by molar-refractivity contribution is -0.157. The predicted molar refractivity (Wildman–Crippen MR) is 138 cm³/mol. The van der Waals surface area contributed by atoms with Crippen molar-refractivity contribution in [2.75, 3.05) is 0 Å². The number of nitriles is 1. The van der Waals surface area contributed by atoms with Crippen molar-refractivity contribution in [1.29, 1.82) is 5.26 Å². The second-order valence-corrected chi connectivity index (χ2v) is 12.4. The van der Waals surface area contributed by atoms with Crippen LogP contribution in [0.15, 0.2) is 36.4 Å². The van der Waals surface area contributed by atoms with Crippen molar-refractivity contribution in [3.8, 4) is 6.07 Å². The summed E-state index contributed by atoms with van der Waals surface area (Å²) in [6.07, 6.45) is 0.556. The van der Waals surface area contributed by atoms with Crippen LogP contribution in [0.25, 0.3) is 0 Å². The Balaban J connectivity index is 2.37. The Bertz CT molecular complexity index is 1160. The standard InChI is InChI=1S/C28H33Cl2FN2O2/c1-16-13-17(29)11-12-19(16)28(15-32)21(14-26(2,3)4)33-24(25(34)35-27(5,6)7)22(28)18-9-8-10-20(30)23(18)31/h8-13,21-22,24,33H,14H2,1-7H3/t21-,22-,24+,28-/m0/s1. The van der Waals surface area contributed by atoms with Crippen LogP contribution in [0.4, 0.5) is 4.39 Å². The van der Waals surface area contributed by atoms with E-state index >= 15 is 4.39 Å². The molecule has 0 unspecified atom stereocenters. The Morgan fingerprint density at radius 1 is 1.17 bits per heavy atom. The van der Waals surface area contributed by atoms with Gasteiger partial charge in [0.2, 0.25) is 0 Å². The number of carbonyl (C=O) groups is 1. The third kappa shape index (κ3) is 5.50. The van der Waals surface area contributed by atoms with E-state index in [4.69, 9.17) is 27.9 Å². The molecule has 1 heterocycles. The van der Waals surface area contributed by atoms with Crippen LogP contribution in [0.1, 0.15) is 70.6 Å². The smallest absolute Gasteiger partial charge is 0.324 e. The van der Waals surface area contributed by atoms with Crippen molar-refractivity contribution in [3.63, 3.8) is 0 Å². The Morgan fingerprint density at radius 3 is 2.37 bits per heavy atom. The van der Waals surface area contributed by atoms with Crippen molar-refractivity contribution in [3.05, 3.63) is 69.0 Å². The van der Waals surface area contributed by atoms with Gasteiger partial charge in [-0.15, -0.1) is 0 Å². The minimum Gasteiger partial charge on any atom is -0.459 e. The van der Waals surface area contributed by atoms with Crippen LogP contribution in [-0.4, -0.2) is 23.7 Å². The summed E-state index contributed by atoms with van der Waals surface area (Å²) in [5, 5.41) is 14.8. The number of halogens is 3. The first kappa shape index (κ1) is 27.5. The molecule has 7 heteroatoms. The first-order chi connectivity index (χ1) is 16.1. The summed E-state index contributed by atoms with van der Waals surface area (Å²) < 4.78 is 21.4. The number of nitrogens with one attached hydrogen (secondary N) is 1. The third-order valence-corrected chi connectivity index (χ3v) is 6.89. The van der Waals surface area contributed by atoms with E-state index in [2.05, 4.69) is 32.2 Å². The highest BCUT2D eigenvalue weighted by atomic mass is 35.5. The van der Waals surface area contributed by atoms with Gasteiger partial charge in [0.25, 0.3) is 0 Å². The number of hydrogen-bond donors (Lipinski definition) is 1. The highest BCUT2D eigenvalue weighted by Gasteiger charge is 2.61. The van der Waals surface area contributed by atoms with Crippen molar-refractivity contribution >= 4 is 29.2 Å². The van der Waals surface area contributed by atoms with Gasteiger partial charge in [-0.3, -0.25) is 10.1 Å². The summed E-state index contributed by atoms with van der Waals surface area (Å²) in [6, 6.07) is 11.1. The largest absolute Gasteiger partial charge is 0.459 e. The first-order valence-electron chi connectivity index (χ1n) is 11.7. The van der Waals surface area contributed by atoms with Gasteiger partial charge >= 0.3 is 5.97 Å². The number of ether oxygens (including phenoxy) is 1. The van der Waals surface area contributed by atoms with Crippen LogP contribution in [0.3, 0.4) is 0 Å². The van der Waals surface area contributed by atoms with Crippen LogP contribution in [0, 0.1) is 29.5 Å². The van der Waals surface area contributed by atoms with E-state index in [1.165, 1.54) is 6.07 Å². The molecule has 2 aromatic rings. The second-order valence-electron chi connectivity index (χ2n) is 11.6. The zero-order valence-electron chi connectivity index (χ0n) is 21.3.